The van der Waals surface area contributed by atoms with E-state index in [4.69, 9.17) is 16.3 Å². The molecule has 0 aliphatic rings. The van der Waals surface area contributed by atoms with Crippen LogP contribution in [0.2, 0.25) is 5.02 Å². The Morgan fingerprint density at radius 1 is 1.35 bits per heavy atom. The van der Waals surface area contributed by atoms with Crippen LogP contribution in [0.1, 0.15) is 0 Å². The highest BCUT2D eigenvalue weighted by Gasteiger charge is 2.05. The van der Waals surface area contributed by atoms with E-state index in [0.717, 1.165) is 3.58 Å². The summed E-state index contributed by atoms with van der Waals surface area (Å²) in [5, 5.41) is 3.21. The molecule has 0 aliphatic heterocycles. The number of benzene rings is 1. The summed E-state index contributed by atoms with van der Waals surface area (Å²) in [5.74, 6) is 0. The lowest BCUT2D eigenvalue weighted by Crippen LogP contribution is -2.10. The normalized spacial score (nSPS) is 11.5. The molecule has 0 saturated carbocycles. The van der Waals surface area contributed by atoms with Crippen LogP contribution in [0, 0.1) is 0 Å². The second-order valence-electron chi connectivity index (χ2n) is 2.84. The van der Waals surface area contributed by atoms with Crippen LogP contribution in [0.25, 0.3) is 0 Å². The van der Waals surface area contributed by atoms with Gasteiger partial charge in [0.25, 0.3) is 0 Å². The van der Waals surface area contributed by atoms with Crippen LogP contribution in [0.15, 0.2) is 34.1 Å². The third-order valence-corrected chi connectivity index (χ3v) is 6.43. The van der Waals surface area contributed by atoms with E-state index in [1.807, 2.05) is 0 Å². The van der Waals surface area contributed by atoms with Crippen molar-refractivity contribution in [1.29, 1.82) is 0 Å². The highest BCUT2D eigenvalue weighted by atomic mass is 127. The van der Waals surface area contributed by atoms with E-state index in [-0.39, 0.29) is 1.93 Å². The quantitative estimate of drug-likeness (QED) is 0.293. The molecule has 92 valence electrons. The van der Waals surface area contributed by atoms with Crippen molar-refractivity contribution in [2.75, 3.05) is 5.32 Å². The number of halogens is 4. The maximum atomic E-state index is 11.4. The molecule has 0 radical (unpaired) electrons. The number of hydrogen-bond donors (Lipinski definition) is 1. The zero-order valence-corrected chi connectivity index (χ0v) is 15.5. The molecule has 7 heteroatoms. The van der Waals surface area contributed by atoms with Crippen LogP contribution < -0.4 is 5.32 Å². The average Bonchev–Trinajstić information content (AvgIpc) is 2.29. The summed E-state index contributed by atoms with van der Waals surface area (Å²) in [6.45, 7) is 0. The molecule has 1 N–H and O–H groups in total. The topological polar surface area (TPSA) is 38.3 Å². The average molecular weight is 589 g/mol. The SMILES string of the molecule is O=C(Nc1ccc(Cl)cc1)OC=C(I)C(I)I. The first-order chi connectivity index (χ1) is 7.99. The summed E-state index contributed by atoms with van der Waals surface area (Å²) in [7, 11) is 0. The maximum absolute atomic E-state index is 11.4. The fourth-order valence-corrected chi connectivity index (χ4v) is 1.39. The number of alkyl halides is 2. The molecule has 0 saturated heterocycles. The number of amides is 1. The highest BCUT2D eigenvalue weighted by molar-refractivity contribution is 14.2. The molecular weight excluding hydrogens is 582 g/mol. The Labute approximate surface area is 145 Å². The zero-order chi connectivity index (χ0) is 12.8. The van der Waals surface area contributed by atoms with Crippen molar-refractivity contribution in [1.82, 2.24) is 0 Å². The number of nitrogens with one attached hydrogen (secondary N) is 1. The van der Waals surface area contributed by atoms with Crippen molar-refractivity contribution in [3.63, 3.8) is 0 Å². The molecule has 17 heavy (non-hydrogen) atoms. The van der Waals surface area contributed by atoms with Crippen LogP contribution >= 0.6 is 79.4 Å². The smallest absolute Gasteiger partial charge is 0.416 e. The lowest BCUT2D eigenvalue weighted by Gasteiger charge is -2.04. The van der Waals surface area contributed by atoms with E-state index in [9.17, 15) is 4.79 Å². The lowest BCUT2D eigenvalue weighted by atomic mass is 10.3. The van der Waals surface area contributed by atoms with E-state index < -0.39 is 6.09 Å². The van der Waals surface area contributed by atoms with Gasteiger partial charge in [0.1, 0.15) is 6.26 Å². The van der Waals surface area contributed by atoms with Gasteiger partial charge in [0.05, 0.1) is 1.93 Å². The number of rotatable bonds is 3. The molecule has 0 unspecified atom stereocenters. The Balaban J connectivity index is 2.50. The number of carbonyl (C=O) groups is 1. The van der Waals surface area contributed by atoms with Gasteiger partial charge in [0.2, 0.25) is 0 Å². The molecule has 1 amide bonds. The molecule has 0 fully saturated rings. The third-order valence-electron chi connectivity index (χ3n) is 1.58. The second-order valence-corrected chi connectivity index (χ2v) is 9.40. The van der Waals surface area contributed by atoms with Gasteiger partial charge in [-0.1, -0.05) is 56.8 Å². The van der Waals surface area contributed by atoms with Crippen molar-refractivity contribution in [3.05, 3.63) is 39.1 Å². The molecule has 0 atom stereocenters. The molecule has 0 bridgehead atoms. The van der Waals surface area contributed by atoms with Gasteiger partial charge in [0, 0.05) is 14.3 Å². The van der Waals surface area contributed by atoms with Gasteiger partial charge in [-0.2, -0.15) is 0 Å². The third kappa shape index (κ3) is 6.43. The van der Waals surface area contributed by atoms with Crippen molar-refractivity contribution >= 4 is 91.2 Å². The van der Waals surface area contributed by atoms with E-state index >= 15 is 0 Å². The summed E-state index contributed by atoms with van der Waals surface area (Å²) in [6, 6.07) is 6.81. The van der Waals surface area contributed by atoms with Gasteiger partial charge in [0.15, 0.2) is 0 Å². The standard InChI is InChI=1S/C10H7ClI3NO2/c11-6-1-3-7(4-2-6)15-10(16)17-5-8(12)9(13)14/h1-5,9H,(H,15,16). The maximum Gasteiger partial charge on any atom is 0.416 e. The molecule has 3 nitrogen and oxygen atoms in total. The van der Waals surface area contributed by atoms with Crippen molar-refractivity contribution < 1.29 is 9.53 Å². The molecule has 1 aromatic rings. The number of anilines is 1. The number of ether oxygens (including phenoxy) is 1. The Hall–Kier alpha value is 0.710. The largest absolute Gasteiger partial charge is 0.417 e. The molecule has 0 aliphatic carbocycles. The predicted molar refractivity (Wildman–Crippen MR) is 95.5 cm³/mol. The Kier molecular flexibility index (Phi) is 7.42. The molecule has 0 spiro atoms. The molecular formula is C10H7ClI3NO2. The minimum absolute atomic E-state index is 0.286. The number of allylic oxidation sites excluding steroid dienone is 1. The van der Waals surface area contributed by atoms with Gasteiger partial charge in [-0.15, -0.1) is 0 Å². The Morgan fingerprint density at radius 2 is 1.94 bits per heavy atom. The minimum Gasteiger partial charge on any atom is -0.417 e. The predicted octanol–water partition coefficient (Wildman–Crippen LogP) is 5.36. The summed E-state index contributed by atoms with van der Waals surface area (Å²) < 4.78 is 6.18. The molecule has 0 aromatic heterocycles. The second kappa shape index (κ2) is 8.00. The molecule has 1 aromatic carbocycles. The lowest BCUT2D eigenvalue weighted by molar-refractivity contribution is 0.201. The van der Waals surface area contributed by atoms with Crippen molar-refractivity contribution in [2.45, 2.75) is 1.93 Å². The van der Waals surface area contributed by atoms with Crippen LogP contribution in [-0.2, 0) is 4.74 Å². The van der Waals surface area contributed by atoms with Crippen LogP contribution in [0.5, 0.6) is 0 Å². The minimum atomic E-state index is -0.519. The first-order valence-corrected chi connectivity index (χ1v) is 8.31. The molecule has 0 heterocycles. The van der Waals surface area contributed by atoms with Gasteiger partial charge in [-0.3, -0.25) is 5.32 Å². The van der Waals surface area contributed by atoms with Crippen LogP contribution in [-0.4, -0.2) is 8.02 Å². The van der Waals surface area contributed by atoms with Gasteiger partial charge >= 0.3 is 6.09 Å². The van der Waals surface area contributed by atoms with E-state index in [2.05, 4.69) is 73.1 Å². The fraction of sp³-hybridized carbons (Fsp3) is 0.100. The summed E-state index contributed by atoms with van der Waals surface area (Å²) in [4.78, 5) is 11.4. The number of carbonyl (C=O) groups excluding carboxylic acids is 1. The summed E-state index contributed by atoms with van der Waals surface area (Å²) in [5.41, 5.74) is 0.642. The Morgan fingerprint density at radius 3 is 2.47 bits per heavy atom. The van der Waals surface area contributed by atoms with Crippen molar-refractivity contribution in [3.8, 4) is 0 Å². The zero-order valence-electron chi connectivity index (χ0n) is 8.29. The van der Waals surface area contributed by atoms with Crippen LogP contribution in [0.4, 0.5) is 10.5 Å². The first-order valence-electron chi connectivity index (χ1n) is 4.36. The number of hydrogen-bond acceptors (Lipinski definition) is 2. The van der Waals surface area contributed by atoms with E-state index in [0.29, 0.717) is 10.7 Å². The van der Waals surface area contributed by atoms with Gasteiger partial charge in [-0.25, -0.2) is 4.79 Å². The highest BCUT2D eigenvalue weighted by Crippen LogP contribution is 2.25. The molecule has 1 rings (SSSR count). The van der Waals surface area contributed by atoms with E-state index in [1.54, 1.807) is 24.3 Å². The first kappa shape index (κ1) is 15.8. The summed E-state index contributed by atoms with van der Waals surface area (Å²) in [6.07, 6.45) is 0.921. The van der Waals surface area contributed by atoms with Crippen LogP contribution in [0.3, 0.4) is 0 Å². The van der Waals surface area contributed by atoms with Gasteiger partial charge in [-0.05, 0) is 46.9 Å². The monoisotopic (exact) mass is 589 g/mol. The van der Waals surface area contributed by atoms with Crippen molar-refractivity contribution in [2.24, 2.45) is 0 Å². The van der Waals surface area contributed by atoms with E-state index in [1.165, 1.54) is 6.26 Å². The Bertz CT molecular complexity index is 420. The summed E-state index contributed by atoms with van der Waals surface area (Å²) >= 11 is 12.3. The fourth-order valence-electron chi connectivity index (χ4n) is 0.842. The van der Waals surface area contributed by atoms with Gasteiger partial charge < -0.3 is 4.74 Å².